The van der Waals surface area contributed by atoms with Crippen molar-refractivity contribution in [3.8, 4) is 11.5 Å². The van der Waals surface area contributed by atoms with Crippen LogP contribution in [-0.2, 0) is 11.8 Å². The van der Waals surface area contributed by atoms with Crippen molar-refractivity contribution < 1.29 is 14.9 Å². The van der Waals surface area contributed by atoms with E-state index in [4.69, 9.17) is 4.74 Å². The number of aliphatic hydroxyl groups is 1. The maximum absolute atomic E-state index is 12.1. The van der Waals surface area contributed by atoms with Crippen LogP contribution in [0.5, 0.6) is 11.5 Å². The number of aromatic hydroxyl groups is 1. The van der Waals surface area contributed by atoms with Crippen molar-refractivity contribution in [3.63, 3.8) is 0 Å². The second-order valence-electron chi connectivity index (χ2n) is 14.1. The van der Waals surface area contributed by atoms with E-state index in [9.17, 15) is 10.2 Å². The third kappa shape index (κ3) is 2.23. The molecule has 7 atom stereocenters. The largest absolute Gasteiger partial charge is 0.504 e. The number of benzene rings is 1. The number of nitrogens with zero attached hydrogens (tertiary/aromatic N) is 1. The van der Waals surface area contributed by atoms with Crippen molar-refractivity contribution in [1.82, 2.24) is 4.90 Å². The molecule has 1 aromatic rings. The lowest BCUT2D eigenvalue weighted by molar-refractivity contribution is -0.276. The number of ether oxygens (including phenoxy) is 1. The van der Waals surface area contributed by atoms with Gasteiger partial charge in [-0.15, -0.1) is 0 Å². The molecule has 2 N–H and O–H groups in total. The van der Waals surface area contributed by atoms with Gasteiger partial charge in [-0.2, -0.15) is 0 Å². The predicted octanol–water partition coefficient (Wildman–Crippen LogP) is 5.03. The van der Waals surface area contributed by atoms with Crippen LogP contribution in [-0.4, -0.2) is 45.9 Å². The smallest absolute Gasteiger partial charge is 0.165 e. The van der Waals surface area contributed by atoms with Crippen molar-refractivity contribution in [2.75, 3.05) is 13.1 Å². The number of piperidine rings is 1. The average molecular weight is 452 g/mol. The Morgan fingerprint density at radius 2 is 1.88 bits per heavy atom. The van der Waals surface area contributed by atoms with E-state index in [0.717, 1.165) is 43.9 Å². The van der Waals surface area contributed by atoms with Gasteiger partial charge in [0.1, 0.15) is 6.10 Å². The van der Waals surface area contributed by atoms with Crippen LogP contribution >= 0.6 is 0 Å². The van der Waals surface area contributed by atoms with E-state index in [-0.39, 0.29) is 33.7 Å². The lowest BCUT2D eigenvalue weighted by atomic mass is 9.31. The van der Waals surface area contributed by atoms with Gasteiger partial charge in [0.05, 0.1) is 5.60 Å². The topological polar surface area (TPSA) is 52.9 Å². The summed E-state index contributed by atoms with van der Waals surface area (Å²) in [5.41, 5.74) is 1.77. The molecule has 7 aliphatic rings. The molecule has 4 nitrogen and oxygen atoms in total. The van der Waals surface area contributed by atoms with E-state index in [2.05, 4.69) is 45.6 Å². The second kappa shape index (κ2) is 5.93. The maximum Gasteiger partial charge on any atom is 0.165 e. The Bertz CT molecular complexity index is 1040. The first kappa shape index (κ1) is 21.1. The Kier molecular flexibility index (Phi) is 3.78. The van der Waals surface area contributed by atoms with Gasteiger partial charge in [0.2, 0.25) is 0 Å². The van der Waals surface area contributed by atoms with Gasteiger partial charge in [-0.05, 0) is 87.3 Å². The van der Waals surface area contributed by atoms with Gasteiger partial charge >= 0.3 is 0 Å². The number of hydrogen-bond acceptors (Lipinski definition) is 4. The van der Waals surface area contributed by atoms with Crippen molar-refractivity contribution in [2.45, 2.75) is 103 Å². The Morgan fingerprint density at radius 1 is 1.12 bits per heavy atom. The summed E-state index contributed by atoms with van der Waals surface area (Å²) in [6.45, 7) is 13.5. The van der Waals surface area contributed by atoms with Gasteiger partial charge in [0.15, 0.2) is 11.5 Å². The molecule has 2 heterocycles. The van der Waals surface area contributed by atoms with Crippen LogP contribution in [0, 0.1) is 28.1 Å². The minimum atomic E-state index is -0.785. The molecule has 4 saturated carbocycles. The van der Waals surface area contributed by atoms with Crippen LogP contribution < -0.4 is 4.74 Å². The fourth-order valence-electron chi connectivity index (χ4n) is 9.71. The average Bonchev–Trinajstić information content (AvgIpc) is 3.48. The van der Waals surface area contributed by atoms with Gasteiger partial charge in [-0.1, -0.05) is 33.8 Å². The summed E-state index contributed by atoms with van der Waals surface area (Å²) in [5, 5.41) is 23.1. The zero-order chi connectivity index (χ0) is 23.2. The highest BCUT2D eigenvalue weighted by atomic mass is 16.5. The minimum absolute atomic E-state index is 0.0170. The number of rotatable bonds is 3. The van der Waals surface area contributed by atoms with Crippen LogP contribution in [0.25, 0.3) is 0 Å². The summed E-state index contributed by atoms with van der Waals surface area (Å²) in [4.78, 5) is 2.85. The molecular weight excluding hydrogens is 410 g/mol. The van der Waals surface area contributed by atoms with Gasteiger partial charge in [0.25, 0.3) is 0 Å². The maximum atomic E-state index is 12.1. The highest BCUT2D eigenvalue weighted by Crippen LogP contribution is 2.79. The quantitative estimate of drug-likeness (QED) is 0.676. The standard InChI is InChI=1S/C29H41NO3/c1-25(2,3)27(5,32)20-15-28-11-10-26(20,4)24-29(28)12-13-30(16-17-6-7-17)21(28)14-18-8-9-19(31)23(33-24)22(18)29/h8-9,17,20-21,24,31-32H,6-7,10-16H2,1-5H3/t20-,21+,24-,26-,27?,28+,29-/m0/s1. The fraction of sp³-hybridized carbons (Fsp3) is 0.793. The van der Waals surface area contributed by atoms with Gasteiger partial charge in [-0.3, -0.25) is 4.90 Å². The number of fused-ring (bicyclic) bond motifs is 2. The monoisotopic (exact) mass is 451 g/mol. The van der Waals surface area contributed by atoms with Crippen LogP contribution in [0.1, 0.15) is 84.3 Å². The van der Waals surface area contributed by atoms with Crippen LogP contribution in [0.15, 0.2) is 12.1 Å². The molecule has 1 unspecified atom stereocenters. The molecule has 5 aliphatic carbocycles. The first-order valence-electron chi connectivity index (χ1n) is 13.4. The molecule has 1 aromatic carbocycles. The summed E-state index contributed by atoms with van der Waals surface area (Å²) >= 11 is 0. The third-order valence-corrected chi connectivity index (χ3v) is 12.0. The molecule has 33 heavy (non-hydrogen) atoms. The van der Waals surface area contributed by atoms with E-state index in [0.29, 0.717) is 11.8 Å². The normalized spacial score (nSPS) is 44.8. The molecule has 0 aromatic heterocycles. The fourth-order valence-corrected chi connectivity index (χ4v) is 9.71. The van der Waals surface area contributed by atoms with Crippen LogP contribution in [0.4, 0.5) is 0 Å². The summed E-state index contributed by atoms with van der Waals surface area (Å²) < 4.78 is 6.93. The van der Waals surface area contributed by atoms with E-state index in [1.165, 1.54) is 36.9 Å². The molecule has 4 heteroatoms. The molecule has 1 saturated heterocycles. The minimum Gasteiger partial charge on any atom is -0.504 e. The molecule has 0 amide bonds. The Morgan fingerprint density at radius 3 is 2.58 bits per heavy atom. The molecule has 0 radical (unpaired) electrons. The van der Waals surface area contributed by atoms with Gasteiger partial charge in [-0.25, -0.2) is 0 Å². The Balaban J connectivity index is 1.46. The summed E-state index contributed by atoms with van der Waals surface area (Å²) in [5.74, 6) is 2.15. The molecule has 5 fully saturated rings. The molecule has 2 aliphatic heterocycles. The first-order chi connectivity index (χ1) is 15.5. The lowest BCUT2D eigenvalue weighted by Crippen LogP contribution is -2.80. The van der Waals surface area contributed by atoms with E-state index >= 15 is 0 Å². The van der Waals surface area contributed by atoms with Crippen molar-refractivity contribution >= 4 is 0 Å². The predicted molar refractivity (Wildman–Crippen MR) is 129 cm³/mol. The highest BCUT2D eigenvalue weighted by molar-refractivity contribution is 5.63. The highest BCUT2D eigenvalue weighted by Gasteiger charge is 2.80. The number of hydrogen-bond donors (Lipinski definition) is 2. The third-order valence-electron chi connectivity index (χ3n) is 12.0. The Labute approximate surface area is 198 Å². The number of phenols is 1. The SMILES string of the molecule is CC(C)(C)C(C)(O)[C@H]1C[C@@]23CC[C@]1(C)[C@@H]1Oc4c(O)ccc5c4[C@@]12CCN(CC1CC1)[C@@H]3C5. The van der Waals surface area contributed by atoms with E-state index < -0.39 is 5.60 Å². The van der Waals surface area contributed by atoms with Crippen molar-refractivity contribution in [3.05, 3.63) is 23.3 Å². The summed E-state index contributed by atoms with van der Waals surface area (Å²) in [7, 11) is 0. The molecule has 2 spiro atoms. The van der Waals surface area contributed by atoms with Crippen molar-refractivity contribution in [1.29, 1.82) is 0 Å². The zero-order valence-electron chi connectivity index (χ0n) is 21.1. The number of phenolic OH excluding ortho intramolecular Hbond substituents is 1. The van der Waals surface area contributed by atoms with Gasteiger partial charge < -0.3 is 14.9 Å². The second-order valence-corrected chi connectivity index (χ2v) is 14.1. The van der Waals surface area contributed by atoms with E-state index in [1.54, 1.807) is 0 Å². The van der Waals surface area contributed by atoms with Crippen LogP contribution in [0.2, 0.25) is 0 Å². The zero-order valence-corrected chi connectivity index (χ0v) is 21.1. The van der Waals surface area contributed by atoms with Crippen LogP contribution in [0.3, 0.4) is 0 Å². The lowest BCUT2D eigenvalue weighted by Gasteiger charge is -2.75. The van der Waals surface area contributed by atoms with Gasteiger partial charge in [0, 0.05) is 34.4 Å². The molecule has 4 bridgehead atoms. The molecule has 180 valence electrons. The first-order valence-corrected chi connectivity index (χ1v) is 13.4. The summed E-state index contributed by atoms with van der Waals surface area (Å²) in [6.07, 6.45) is 8.42. The molecule has 8 rings (SSSR count). The molecular formula is C29H41NO3. The Hall–Kier alpha value is -1.26. The summed E-state index contributed by atoms with van der Waals surface area (Å²) in [6, 6.07) is 4.58. The van der Waals surface area contributed by atoms with Crippen molar-refractivity contribution in [2.24, 2.45) is 28.1 Å². The number of likely N-dealkylation sites (tertiary alicyclic amines) is 1. The van der Waals surface area contributed by atoms with E-state index in [1.807, 2.05) is 6.07 Å².